The average Bonchev–Trinajstić information content (AvgIpc) is 3.02. The first-order chi connectivity index (χ1) is 13.5. The van der Waals surface area contributed by atoms with Gasteiger partial charge in [-0.25, -0.2) is 23.5 Å². The van der Waals surface area contributed by atoms with Gasteiger partial charge in [-0.15, -0.1) is 0 Å². The van der Waals surface area contributed by atoms with Crippen molar-refractivity contribution in [1.29, 1.82) is 0 Å². The molecule has 0 saturated heterocycles. The second kappa shape index (κ2) is 8.91. The Balaban J connectivity index is 1.59. The molecule has 1 amide bonds. The summed E-state index contributed by atoms with van der Waals surface area (Å²) in [6, 6.07) is 8.05. The molecule has 0 atom stereocenters. The van der Waals surface area contributed by atoms with Gasteiger partial charge in [0.2, 0.25) is 5.91 Å². The first kappa shape index (κ1) is 19.9. The maximum absolute atomic E-state index is 14.0. The van der Waals surface area contributed by atoms with Crippen molar-refractivity contribution in [3.8, 4) is 0 Å². The molecule has 7 heteroatoms. The smallest absolute Gasteiger partial charge is 0.241 e. The molecule has 0 aliphatic heterocycles. The highest BCUT2D eigenvalue weighted by Crippen LogP contribution is 2.20. The molecule has 2 aromatic carbocycles. The normalized spacial score (nSPS) is 11.1. The molecule has 0 unspecified atom stereocenters. The molecule has 0 aliphatic rings. The highest BCUT2D eigenvalue weighted by molar-refractivity contribution is 5.77. The van der Waals surface area contributed by atoms with Crippen LogP contribution in [0, 0.1) is 17.5 Å². The molecule has 0 fully saturated rings. The summed E-state index contributed by atoms with van der Waals surface area (Å²) in [5.74, 6) is -1.20. The van der Waals surface area contributed by atoms with Crippen LogP contribution in [0.25, 0.3) is 11.0 Å². The summed E-state index contributed by atoms with van der Waals surface area (Å²) in [5.41, 5.74) is 1.20. The number of carbonyl (C=O) groups is 1. The fourth-order valence-electron chi connectivity index (χ4n) is 3.16. The van der Waals surface area contributed by atoms with Crippen molar-refractivity contribution >= 4 is 16.9 Å². The fraction of sp³-hybridized carbons (Fsp3) is 0.333. The van der Waals surface area contributed by atoms with E-state index in [1.807, 2.05) is 11.5 Å². The number of benzene rings is 2. The number of para-hydroxylation sites is 1. The third-order valence-corrected chi connectivity index (χ3v) is 4.50. The Labute approximate surface area is 161 Å². The van der Waals surface area contributed by atoms with E-state index in [4.69, 9.17) is 0 Å². The Bertz CT molecular complexity index is 984. The lowest BCUT2D eigenvalue weighted by atomic mass is 10.1. The molecule has 1 radical (unpaired) electrons. The van der Waals surface area contributed by atoms with Crippen molar-refractivity contribution in [3.63, 3.8) is 0 Å². The van der Waals surface area contributed by atoms with Crippen molar-refractivity contribution in [1.82, 2.24) is 14.9 Å². The number of hydrogen-bond acceptors (Lipinski definition) is 2. The number of aromatic nitrogens is 2. The third-order valence-electron chi connectivity index (χ3n) is 4.50. The fourth-order valence-corrected chi connectivity index (χ4v) is 3.16. The number of imidazole rings is 1. The zero-order valence-corrected chi connectivity index (χ0v) is 15.6. The average molecular weight is 388 g/mol. The zero-order chi connectivity index (χ0) is 20.1. The van der Waals surface area contributed by atoms with Gasteiger partial charge in [0.05, 0.1) is 5.52 Å². The molecule has 4 nitrogen and oxygen atoms in total. The van der Waals surface area contributed by atoms with Crippen molar-refractivity contribution in [2.45, 2.75) is 45.7 Å². The highest BCUT2D eigenvalue weighted by Gasteiger charge is 2.15. The van der Waals surface area contributed by atoms with E-state index >= 15 is 0 Å². The van der Waals surface area contributed by atoms with Crippen molar-refractivity contribution < 1.29 is 18.0 Å². The largest absolute Gasteiger partial charge is 0.326 e. The van der Waals surface area contributed by atoms with Crippen LogP contribution in [0.15, 0.2) is 36.4 Å². The van der Waals surface area contributed by atoms with Gasteiger partial charge in [-0.2, -0.15) is 0 Å². The van der Waals surface area contributed by atoms with Gasteiger partial charge in [-0.1, -0.05) is 13.0 Å². The molecular weight excluding hydrogens is 367 g/mol. The van der Waals surface area contributed by atoms with Gasteiger partial charge in [-0.3, -0.25) is 4.79 Å². The standard InChI is InChI=1S/C21H21F3N3O/c1-2-11-27-18-7-4-6-17(24)21(18)26-19(27)13-25-20(28)8-3-5-14-12-15(22)9-10-16(14)23/h4,6-7,9-10,12H,2-3,5,8,11,13H2,1H3. The summed E-state index contributed by atoms with van der Waals surface area (Å²) in [5, 5.41) is 4.02. The van der Waals surface area contributed by atoms with Crippen molar-refractivity contribution in [3.05, 3.63) is 65.2 Å². The number of amides is 1. The van der Waals surface area contributed by atoms with E-state index in [1.54, 1.807) is 12.1 Å². The molecular formula is C21H21F3N3O. The zero-order valence-electron chi connectivity index (χ0n) is 15.6. The molecule has 1 heterocycles. The number of nitrogens with zero attached hydrogens (tertiary/aromatic N) is 3. The highest BCUT2D eigenvalue weighted by atomic mass is 19.1. The lowest BCUT2D eigenvalue weighted by molar-refractivity contribution is -0.121. The van der Waals surface area contributed by atoms with Crippen LogP contribution in [0.4, 0.5) is 13.2 Å². The second-order valence-electron chi connectivity index (χ2n) is 6.59. The summed E-state index contributed by atoms with van der Waals surface area (Å²) in [7, 11) is 0. The minimum absolute atomic E-state index is 0.0568. The van der Waals surface area contributed by atoms with E-state index in [1.165, 1.54) is 6.07 Å². The van der Waals surface area contributed by atoms with Crippen molar-refractivity contribution in [2.24, 2.45) is 0 Å². The van der Waals surface area contributed by atoms with Crippen molar-refractivity contribution in [2.75, 3.05) is 0 Å². The van der Waals surface area contributed by atoms with Crippen LogP contribution < -0.4 is 5.32 Å². The Hall–Kier alpha value is -2.83. The van der Waals surface area contributed by atoms with Gasteiger partial charge < -0.3 is 4.57 Å². The van der Waals surface area contributed by atoms with Crippen LogP contribution >= 0.6 is 0 Å². The number of halogens is 3. The van der Waals surface area contributed by atoms with Gasteiger partial charge in [-0.05, 0) is 55.2 Å². The van der Waals surface area contributed by atoms with Gasteiger partial charge in [0.1, 0.15) is 29.5 Å². The molecule has 3 aromatic rings. The Kier molecular flexibility index (Phi) is 6.34. The topological polar surface area (TPSA) is 49.0 Å². The van der Waals surface area contributed by atoms with E-state index in [2.05, 4.69) is 10.3 Å². The molecule has 0 aliphatic carbocycles. The van der Waals surface area contributed by atoms with Crippen LogP contribution in [0.3, 0.4) is 0 Å². The van der Waals surface area contributed by atoms with Gasteiger partial charge in [0.25, 0.3) is 0 Å². The number of fused-ring (bicyclic) bond motifs is 1. The molecule has 0 bridgehead atoms. The molecule has 28 heavy (non-hydrogen) atoms. The van der Waals surface area contributed by atoms with Crippen LogP contribution in [0.5, 0.6) is 0 Å². The number of carbonyl (C=O) groups excluding carboxylic acids is 1. The molecule has 0 spiro atoms. The Morgan fingerprint density at radius 3 is 2.75 bits per heavy atom. The molecule has 3 rings (SSSR count). The van der Waals surface area contributed by atoms with E-state index < -0.39 is 17.5 Å². The number of hydrogen-bond donors (Lipinski definition) is 0. The minimum Gasteiger partial charge on any atom is -0.326 e. The lowest BCUT2D eigenvalue weighted by Crippen LogP contribution is -2.18. The summed E-state index contributed by atoms with van der Waals surface area (Å²) in [6.45, 7) is 2.71. The lowest BCUT2D eigenvalue weighted by Gasteiger charge is -2.08. The summed E-state index contributed by atoms with van der Waals surface area (Å²) in [6.07, 6.45) is 1.58. The predicted octanol–water partition coefficient (Wildman–Crippen LogP) is 4.52. The number of rotatable bonds is 8. The SMILES string of the molecule is CCCn1c(C[N]C(=O)CCCc2cc(F)ccc2F)nc2c(F)cccc21. The van der Waals surface area contributed by atoms with E-state index in [0.29, 0.717) is 24.3 Å². The van der Waals surface area contributed by atoms with Crippen LogP contribution in [0.1, 0.15) is 37.6 Å². The molecule has 0 N–H and O–H groups in total. The minimum atomic E-state index is -0.505. The van der Waals surface area contributed by atoms with E-state index in [9.17, 15) is 18.0 Å². The summed E-state index contributed by atoms with van der Waals surface area (Å²) >= 11 is 0. The van der Waals surface area contributed by atoms with Gasteiger partial charge in [0.15, 0.2) is 5.82 Å². The van der Waals surface area contributed by atoms with E-state index in [0.717, 1.165) is 24.6 Å². The van der Waals surface area contributed by atoms with Gasteiger partial charge in [0, 0.05) is 13.0 Å². The first-order valence-electron chi connectivity index (χ1n) is 9.27. The molecule has 147 valence electrons. The molecule has 0 saturated carbocycles. The monoisotopic (exact) mass is 388 g/mol. The first-order valence-corrected chi connectivity index (χ1v) is 9.27. The Morgan fingerprint density at radius 2 is 1.96 bits per heavy atom. The molecule has 1 aromatic heterocycles. The van der Waals surface area contributed by atoms with E-state index in [-0.39, 0.29) is 36.4 Å². The summed E-state index contributed by atoms with van der Waals surface area (Å²) in [4.78, 5) is 16.4. The summed E-state index contributed by atoms with van der Waals surface area (Å²) < 4.78 is 42.6. The predicted molar refractivity (Wildman–Crippen MR) is 100 cm³/mol. The van der Waals surface area contributed by atoms with Crippen LogP contribution in [-0.4, -0.2) is 15.5 Å². The second-order valence-corrected chi connectivity index (χ2v) is 6.59. The maximum atomic E-state index is 14.0. The van der Waals surface area contributed by atoms with Crippen LogP contribution in [-0.2, 0) is 24.3 Å². The quantitative estimate of drug-likeness (QED) is 0.570. The number of aryl methyl sites for hydroxylation is 2. The third kappa shape index (κ3) is 4.52. The van der Waals surface area contributed by atoms with Crippen LogP contribution in [0.2, 0.25) is 0 Å². The Morgan fingerprint density at radius 1 is 1.14 bits per heavy atom. The van der Waals surface area contributed by atoms with Gasteiger partial charge >= 0.3 is 0 Å². The maximum Gasteiger partial charge on any atom is 0.241 e.